The fourth-order valence-corrected chi connectivity index (χ4v) is 2.53. The van der Waals surface area contributed by atoms with Gasteiger partial charge in [-0.1, -0.05) is 0 Å². The van der Waals surface area contributed by atoms with E-state index < -0.39 is 16.6 Å². The van der Waals surface area contributed by atoms with E-state index in [0.29, 0.717) is 11.3 Å². The second kappa shape index (κ2) is 9.76. The zero-order valence-corrected chi connectivity index (χ0v) is 16.0. The van der Waals surface area contributed by atoms with Crippen molar-refractivity contribution in [2.45, 2.75) is 6.61 Å². The molecule has 154 valence electrons. The molecule has 1 N–H and O–H groups in total. The summed E-state index contributed by atoms with van der Waals surface area (Å²) in [4.78, 5) is 22.2. The number of hydrogen-bond acceptors (Lipinski definition) is 6. The molecule has 0 atom stereocenters. The number of nitrogens with one attached hydrogen (secondary N) is 1. The second-order valence-electron chi connectivity index (χ2n) is 6.29. The van der Waals surface area contributed by atoms with E-state index >= 15 is 0 Å². The van der Waals surface area contributed by atoms with Gasteiger partial charge in [0.25, 0.3) is 11.6 Å². The zero-order chi connectivity index (χ0) is 22.2. The van der Waals surface area contributed by atoms with Crippen LogP contribution in [0.4, 0.5) is 10.1 Å². The van der Waals surface area contributed by atoms with Gasteiger partial charge in [0, 0.05) is 12.1 Å². The van der Waals surface area contributed by atoms with Crippen LogP contribution in [0.3, 0.4) is 0 Å². The van der Waals surface area contributed by atoms with Crippen LogP contribution in [0, 0.1) is 27.3 Å². The maximum Gasteiger partial charge on any atom is 0.274 e. The molecule has 3 aromatic carbocycles. The molecule has 0 spiro atoms. The van der Waals surface area contributed by atoms with Gasteiger partial charge in [-0.3, -0.25) is 14.9 Å². The van der Waals surface area contributed by atoms with Crippen molar-refractivity contribution >= 4 is 17.8 Å². The number of nitro benzene ring substituents is 1. The van der Waals surface area contributed by atoms with Crippen molar-refractivity contribution in [3.8, 4) is 11.8 Å². The van der Waals surface area contributed by atoms with Crippen molar-refractivity contribution in [3.63, 3.8) is 0 Å². The van der Waals surface area contributed by atoms with Crippen molar-refractivity contribution in [1.29, 1.82) is 5.26 Å². The Morgan fingerprint density at radius 2 is 1.87 bits per heavy atom. The molecule has 0 aliphatic heterocycles. The number of hydrogen-bond donors (Lipinski definition) is 1. The van der Waals surface area contributed by atoms with Gasteiger partial charge < -0.3 is 4.74 Å². The summed E-state index contributed by atoms with van der Waals surface area (Å²) in [5, 5.41) is 23.2. The van der Waals surface area contributed by atoms with Gasteiger partial charge >= 0.3 is 0 Å². The van der Waals surface area contributed by atoms with Crippen molar-refractivity contribution in [2.24, 2.45) is 5.10 Å². The van der Waals surface area contributed by atoms with Gasteiger partial charge in [0.1, 0.15) is 18.2 Å². The number of carbonyl (C=O) groups excluding carboxylic acids is 1. The van der Waals surface area contributed by atoms with E-state index in [4.69, 9.17) is 10.00 Å². The number of rotatable bonds is 7. The molecular formula is C22H15FN4O4. The summed E-state index contributed by atoms with van der Waals surface area (Å²) in [7, 11) is 0. The van der Waals surface area contributed by atoms with Gasteiger partial charge in [-0.25, -0.2) is 9.82 Å². The molecule has 0 unspecified atom stereocenters. The van der Waals surface area contributed by atoms with Crippen LogP contribution in [-0.2, 0) is 6.61 Å². The smallest absolute Gasteiger partial charge is 0.274 e. The SMILES string of the molecule is N#Cc1ccc(C(=O)NN=Cc2ccc(OCc3ccc([N+](=O)[O-])cc3)cc2)c(F)c1. The first-order chi connectivity index (χ1) is 15.0. The Bertz CT molecular complexity index is 1170. The van der Waals surface area contributed by atoms with E-state index in [2.05, 4.69) is 10.5 Å². The lowest BCUT2D eigenvalue weighted by Gasteiger charge is -2.06. The molecule has 0 bridgehead atoms. The van der Waals surface area contributed by atoms with Crippen LogP contribution >= 0.6 is 0 Å². The molecule has 0 aliphatic carbocycles. The third-order valence-corrected chi connectivity index (χ3v) is 4.16. The number of halogens is 1. The highest BCUT2D eigenvalue weighted by atomic mass is 19.1. The van der Waals surface area contributed by atoms with Crippen LogP contribution < -0.4 is 10.2 Å². The van der Waals surface area contributed by atoms with Gasteiger partial charge in [0.05, 0.1) is 28.3 Å². The highest BCUT2D eigenvalue weighted by Gasteiger charge is 2.11. The molecule has 0 radical (unpaired) electrons. The molecule has 9 heteroatoms. The van der Waals surface area contributed by atoms with E-state index in [9.17, 15) is 19.3 Å². The molecule has 0 aliphatic rings. The summed E-state index contributed by atoms with van der Waals surface area (Å²) in [5.41, 5.74) is 3.60. The van der Waals surface area contributed by atoms with Crippen LogP contribution in [0.2, 0.25) is 0 Å². The fraction of sp³-hybridized carbons (Fsp3) is 0.0455. The lowest BCUT2D eigenvalue weighted by Crippen LogP contribution is -2.19. The molecule has 3 aromatic rings. The predicted molar refractivity (Wildman–Crippen MR) is 110 cm³/mol. The quantitative estimate of drug-likeness (QED) is 0.354. The number of hydrazone groups is 1. The molecule has 8 nitrogen and oxygen atoms in total. The lowest BCUT2D eigenvalue weighted by molar-refractivity contribution is -0.384. The highest BCUT2D eigenvalue weighted by Crippen LogP contribution is 2.16. The summed E-state index contributed by atoms with van der Waals surface area (Å²) in [6.07, 6.45) is 1.39. The number of non-ortho nitro benzene ring substituents is 1. The second-order valence-corrected chi connectivity index (χ2v) is 6.29. The number of nitriles is 1. The number of amides is 1. The molecule has 0 fully saturated rings. The molecule has 1 amide bonds. The largest absolute Gasteiger partial charge is 0.489 e. The average molecular weight is 418 g/mol. The Labute approximate surface area is 176 Å². The number of nitro groups is 1. The number of benzene rings is 3. The third-order valence-electron chi connectivity index (χ3n) is 4.16. The number of nitrogens with zero attached hydrogens (tertiary/aromatic N) is 3. The normalized spacial score (nSPS) is 10.5. The van der Waals surface area contributed by atoms with Crippen LogP contribution in [-0.4, -0.2) is 17.0 Å². The minimum Gasteiger partial charge on any atom is -0.489 e. The standard InChI is InChI=1S/C22H15FN4O4/c23-21-11-17(12-24)5-10-20(21)22(28)26-25-13-15-3-8-19(9-4-15)31-14-16-1-6-18(7-2-16)27(29)30/h1-11,13H,14H2,(H,26,28). The number of carbonyl (C=O) groups is 1. The molecule has 31 heavy (non-hydrogen) atoms. The third kappa shape index (κ3) is 5.71. The van der Waals surface area contributed by atoms with Crippen molar-refractivity contribution in [2.75, 3.05) is 0 Å². The van der Waals surface area contributed by atoms with Crippen molar-refractivity contribution < 1.29 is 18.8 Å². The zero-order valence-electron chi connectivity index (χ0n) is 16.0. The lowest BCUT2D eigenvalue weighted by atomic mass is 10.1. The summed E-state index contributed by atoms with van der Waals surface area (Å²) in [5.74, 6) is -0.957. The Balaban J connectivity index is 1.53. The van der Waals surface area contributed by atoms with Crippen molar-refractivity contribution in [3.05, 3.63) is 105 Å². The first-order valence-electron chi connectivity index (χ1n) is 8.95. The molecular weight excluding hydrogens is 403 g/mol. The molecule has 0 aromatic heterocycles. The van der Waals surface area contributed by atoms with E-state index in [-0.39, 0.29) is 23.4 Å². The molecule has 0 heterocycles. The van der Waals surface area contributed by atoms with Crippen LogP contribution in [0.15, 0.2) is 71.8 Å². The minimum atomic E-state index is -0.804. The van der Waals surface area contributed by atoms with E-state index in [1.165, 1.54) is 30.5 Å². The van der Waals surface area contributed by atoms with Gasteiger partial charge in [-0.2, -0.15) is 10.4 Å². The first kappa shape index (κ1) is 21.1. The topological polar surface area (TPSA) is 118 Å². The molecule has 3 rings (SSSR count). The summed E-state index contributed by atoms with van der Waals surface area (Å²) in [6, 6.07) is 18.2. The summed E-state index contributed by atoms with van der Waals surface area (Å²) in [6.45, 7) is 0.248. The average Bonchev–Trinajstić information content (AvgIpc) is 2.78. The maximum absolute atomic E-state index is 13.8. The molecule has 0 saturated heterocycles. The Morgan fingerprint density at radius 1 is 1.16 bits per heavy atom. The molecule has 0 saturated carbocycles. The number of ether oxygens (including phenoxy) is 1. The fourth-order valence-electron chi connectivity index (χ4n) is 2.53. The Morgan fingerprint density at radius 3 is 2.48 bits per heavy atom. The predicted octanol–water partition coefficient (Wildman–Crippen LogP) is 3.95. The Hall–Kier alpha value is -4.58. The van der Waals surface area contributed by atoms with Crippen LogP contribution in [0.25, 0.3) is 0 Å². The van der Waals surface area contributed by atoms with Gasteiger partial charge in [-0.15, -0.1) is 0 Å². The monoisotopic (exact) mass is 418 g/mol. The first-order valence-corrected chi connectivity index (χ1v) is 8.95. The highest BCUT2D eigenvalue weighted by molar-refractivity contribution is 5.95. The minimum absolute atomic E-state index is 0.0152. The summed E-state index contributed by atoms with van der Waals surface area (Å²) < 4.78 is 19.5. The van der Waals surface area contributed by atoms with Gasteiger partial charge in [0.15, 0.2) is 0 Å². The van der Waals surface area contributed by atoms with Crippen LogP contribution in [0.5, 0.6) is 5.75 Å². The van der Waals surface area contributed by atoms with Crippen LogP contribution in [0.1, 0.15) is 27.0 Å². The van der Waals surface area contributed by atoms with Crippen molar-refractivity contribution in [1.82, 2.24) is 5.43 Å². The van der Waals surface area contributed by atoms with E-state index in [1.54, 1.807) is 42.5 Å². The maximum atomic E-state index is 13.8. The van der Waals surface area contributed by atoms with Gasteiger partial charge in [-0.05, 0) is 65.7 Å². The Kier molecular flexibility index (Phi) is 6.65. The van der Waals surface area contributed by atoms with Gasteiger partial charge in [0.2, 0.25) is 0 Å². The summed E-state index contributed by atoms with van der Waals surface area (Å²) >= 11 is 0. The van der Waals surface area contributed by atoms with E-state index in [0.717, 1.165) is 11.6 Å². The van der Waals surface area contributed by atoms with E-state index in [1.807, 2.05) is 0 Å².